The lowest BCUT2D eigenvalue weighted by Gasteiger charge is -1.96. The lowest BCUT2D eigenvalue weighted by atomic mass is 10.2. The van der Waals surface area contributed by atoms with Crippen LogP contribution in [0.4, 0.5) is 0 Å². The molecule has 0 fully saturated rings. The van der Waals surface area contributed by atoms with Crippen molar-refractivity contribution in [2.75, 3.05) is 0 Å². The maximum absolute atomic E-state index is 11.6. The van der Waals surface area contributed by atoms with E-state index in [4.69, 9.17) is 8.94 Å². The number of rotatable bonds is 2. The summed E-state index contributed by atoms with van der Waals surface area (Å²) in [7, 11) is 1.71. The summed E-state index contributed by atoms with van der Waals surface area (Å²) in [5.41, 5.74) is 2.11. The van der Waals surface area contributed by atoms with Gasteiger partial charge in [0, 0.05) is 12.6 Å². The van der Waals surface area contributed by atoms with E-state index in [1.807, 2.05) is 18.2 Å². The Hall–Kier alpha value is -2.61. The van der Waals surface area contributed by atoms with Crippen LogP contribution in [0.3, 0.4) is 0 Å². The highest BCUT2D eigenvalue weighted by Gasteiger charge is 2.14. The van der Waals surface area contributed by atoms with E-state index in [9.17, 15) is 4.79 Å². The minimum Gasteiger partial charge on any atom is -0.444 e. The third kappa shape index (κ3) is 2.00. The van der Waals surface area contributed by atoms with E-state index in [2.05, 4.69) is 31.1 Å². The molecule has 0 spiro atoms. The van der Waals surface area contributed by atoms with Gasteiger partial charge in [-0.2, -0.15) is 4.98 Å². The number of aromatic nitrogens is 4. The second-order valence-electron chi connectivity index (χ2n) is 4.75. The Morgan fingerprint density at radius 1 is 1.27 bits per heavy atom. The molecule has 22 heavy (non-hydrogen) atoms. The molecule has 0 aliphatic carbocycles. The summed E-state index contributed by atoms with van der Waals surface area (Å²) in [5.74, 6) is 1.20. The minimum atomic E-state index is -0.165. The smallest absolute Gasteiger partial charge is 0.326 e. The molecule has 0 aliphatic rings. The topological polar surface area (TPSA) is 89.9 Å². The average molecular weight is 361 g/mol. The van der Waals surface area contributed by atoms with Crippen LogP contribution in [0.1, 0.15) is 0 Å². The lowest BCUT2D eigenvalue weighted by molar-refractivity contribution is 0.414. The van der Waals surface area contributed by atoms with Gasteiger partial charge < -0.3 is 13.9 Å². The summed E-state index contributed by atoms with van der Waals surface area (Å²) in [4.78, 5) is 18.7. The first-order valence-corrected chi connectivity index (χ1v) is 7.20. The van der Waals surface area contributed by atoms with E-state index in [0.29, 0.717) is 22.1 Å². The molecular weight excluding hydrogens is 352 g/mol. The van der Waals surface area contributed by atoms with Crippen molar-refractivity contribution in [3.63, 3.8) is 0 Å². The molecule has 0 atom stereocenters. The van der Waals surface area contributed by atoms with E-state index in [1.54, 1.807) is 23.7 Å². The van der Waals surface area contributed by atoms with Gasteiger partial charge in [-0.3, -0.25) is 4.57 Å². The summed E-state index contributed by atoms with van der Waals surface area (Å²) >= 11 is 3.22. The standard InChI is InChI=1S/C14H9BrN4O3/c1-19-9-3-2-7(6-8(9)16-14(19)20)12-17-13(22-18-12)10-4-5-11(15)21-10/h2-6H,1H3,(H,16,20). The Morgan fingerprint density at radius 2 is 2.14 bits per heavy atom. The number of aryl methyl sites for hydroxylation is 1. The van der Waals surface area contributed by atoms with Gasteiger partial charge in [-0.25, -0.2) is 4.79 Å². The predicted octanol–water partition coefficient (Wildman–Crippen LogP) is 2.94. The molecule has 0 aliphatic heterocycles. The molecule has 1 aromatic carbocycles. The number of fused-ring (bicyclic) bond motifs is 1. The summed E-state index contributed by atoms with van der Waals surface area (Å²) in [6.45, 7) is 0. The zero-order chi connectivity index (χ0) is 15.3. The Kier molecular flexibility index (Phi) is 2.80. The number of imidazole rings is 1. The lowest BCUT2D eigenvalue weighted by Crippen LogP contribution is -2.11. The van der Waals surface area contributed by atoms with Crippen molar-refractivity contribution >= 4 is 27.0 Å². The molecule has 0 saturated heterocycles. The molecular formula is C14H9BrN4O3. The maximum atomic E-state index is 11.6. The van der Waals surface area contributed by atoms with Gasteiger partial charge in [0.15, 0.2) is 10.4 Å². The summed E-state index contributed by atoms with van der Waals surface area (Å²) < 4.78 is 12.7. The summed E-state index contributed by atoms with van der Waals surface area (Å²) in [6.07, 6.45) is 0. The number of benzene rings is 1. The van der Waals surface area contributed by atoms with Crippen molar-refractivity contribution in [2.45, 2.75) is 0 Å². The molecule has 0 saturated carbocycles. The number of hydrogen-bond donors (Lipinski definition) is 1. The fraction of sp³-hybridized carbons (Fsp3) is 0.0714. The van der Waals surface area contributed by atoms with Crippen LogP contribution < -0.4 is 5.69 Å². The van der Waals surface area contributed by atoms with E-state index in [0.717, 1.165) is 16.6 Å². The first kappa shape index (κ1) is 13.1. The number of hydrogen-bond acceptors (Lipinski definition) is 5. The van der Waals surface area contributed by atoms with Crippen LogP contribution >= 0.6 is 15.9 Å². The van der Waals surface area contributed by atoms with Gasteiger partial charge in [-0.05, 0) is 46.3 Å². The average Bonchev–Trinajstić information content (AvgIpc) is 3.20. The van der Waals surface area contributed by atoms with E-state index >= 15 is 0 Å². The molecule has 0 radical (unpaired) electrons. The molecule has 1 N–H and O–H groups in total. The first-order chi connectivity index (χ1) is 10.6. The van der Waals surface area contributed by atoms with Crippen LogP contribution in [0.5, 0.6) is 0 Å². The van der Waals surface area contributed by atoms with Crippen LogP contribution in [0.25, 0.3) is 34.1 Å². The number of aromatic amines is 1. The van der Waals surface area contributed by atoms with Crippen LogP contribution in [-0.4, -0.2) is 19.7 Å². The minimum absolute atomic E-state index is 0.165. The fourth-order valence-corrected chi connectivity index (χ4v) is 2.55. The van der Waals surface area contributed by atoms with Gasteiger partial charge in [0.25, 0.3) is 5.89 Å². The van der Waals surface area contributed by atoms with Gasteiger partial charge >= 0.3 is 5.69 Å². The quantitative estimate of drug-likeness (QED) is 0.593. The van der Waals surface area contributed by atoms with Gasteiger partial charge in [0.1, 0.15) is 0 Å². The summed E-state index contributed by atoms with van der Waals surface area (Å²) in [6, 6.07) is 8.97. The summed E-state index contributed by atoms with van der Waals surface area (Å²) in [5, 5.41) is 3.95. The normalized spacial score (nSPS) is 11.4. The second-order valence-corrected chi connectivity index (χ2v) is 5.53. The highest BCUT2D eigenvalue weighted by molar-refractivity contribution is 9.10. The van der Waals surface area contributed by atoms with Crippen molar-refractivity contribution in [1.82, 2.24) is 19.7 Å². The van der Waals surface area contributed by atoms with Crippen molar-refractivity contribution in [3.8, 4) is 23.0 Å². The van der Waals surface area contributed by atoms with Crippen LogP contribution in [0.15, 0.2) is 48.7 Å². The molecule has 4 aromatic rings. The van der Waals surface area contributed by atoms with Gasteiger partial charge in [0.2, 0.25) is 5.82 Å². The van der Waals surface area contributed by atoms with E-state index in [-0.39, 0.29) is 5.69 Å². The molecule has 3 heterocycles. The highest BCUT2D eigenvalue weighted by Crippen LogP contribution is 2.26. The third-order valence-electron chi connectivity index (χ3n) is 3.37. The molecule has 7 nitrogen and oxygen atoms in total. The van der Waals surface area contributed by atoms with Crippen LogP contribution in [-0.2, 0) is 7.05 Å². The maximum Gasteiger partial charge on any atom is 0.326 e. The van der Waals surface area contributed by atoms with E-state index in [1.165, 1.54) is 0 Å². The fourth-order valence-electron chi connectivity index (χ4n) is 2.25. The van der Waals surface area contributed by atoms with Crippen molar-refractivity contribution in [1.29, 1.82) is 0 Å². The zero-order valence-corrected chi connectivity index (χ0v) is 12.9. The Bertz CT molecular complexity index is 1040. The second kappa shape index (κ2) is 4.70. The number of furan rings is 1. The van der Waals surface area contributed by atoms with Crippen molar-refractivity contribution in [2.24, 2.45) is 7.05 Å². The first-order valence-electron chi connectivity index (χ1n) is 6.40. The molecule has 110 valence electrons. The molecule has 0 amide bonds. The van der Waals surface area contributed by atoms with Gasteiger partial charge in [-0.1, -0.05) is 5.16 Å². The van der Waals surface area contributed by atoms with Crippen molar-refractivity contribution < 1.29 is 8.94 Å². The molecule has 0 unspecified atom stereocenters. The van der Waals surface area contributed by atoms with Crippen LogP contribution in [0, 0.1) is 0 Å². The Labute approximate surface area is 131 Å². The van der Waals surface area contributed by atoms with Crippen LogP contribution in [0.2, 0.25) is 0 Å². The molecule has 0 bridgehead atoms. The SMILES string of the molecule is Cn1c(=O)[nH]c2cc(-c3noc(-c4ccc(Br)o4)n3)ccc21. The molecule has 8 heteroatoms. The molecule has 3 aromatic heterocycles. The van der Waals surface area contributed by atoms with Crippen molar-refractivity contribution in [3.05, 3.63) is 45.5 Å². The largest absolute Gasteiger partial charge is 0.444 e. The monoisotopic (exact) mass is 360 g/mol. The number of halogens is 1. The molecule has 4 rings (SSSR count). The Balaban J connectivity index is 1.79. The van der Waals surface area contributed by atoms with Gasteiger partial charge in [0.05, 0.1) is 11.0 Å². The third-order valence-corrected chi connectivity index (χ3v) is 3.80. The van der Waals surface area contributed by atoms with Gasteiger partial charge in [-0.15, -0.1) is 0 Å². The number of nitrogens with zero attached hydrogens (tertiary/aromatic N) is 3. The Morgan fingerprint density at radius 3 is 2.91 bits per heavy atom. The highest BCUT2D eigenvalue weighted by atomic mass is 79.9. The number of H-pyrrole nitrogens is 1. The zero-order valence-electron chi connectivity index (χ0n) is 11.3. The predicted molar refractivity (Wildman–Crippen MR) is 82.2 cm³/mol. The van der Waals surface area contributed by atoms with E-state index < -0.39 is 0 Å². The number of nitrogens with one attached hydrogen (secondary N) is 1.